The maximum Gasteiger partial charge on any atom is 0.187 e. The second-order valence-electron chi connectivity index (χ2n) is 6.29. The van der Waals surface area contributed by atoms with Crippen LogP contribution in [0.1, 0.15) is 25.7 Å². The van der Waals surface area contributed by atoms with Crippen molar-refractivity contribution >= 4 is 16.5 Å². The van der Waals surface area contributed by atoms with Crippen LogP contribution < -0.4 is 5.32 Å². The third-order valence-electron chi connectivity index (χ3n) is 4.63. The lowest BCUT2D eigenvalue weighted by atomic mass is 9.81. The van der Waals surface area contributed by atoms with E-state index in [-0.39, 0.29) is 18.1 Å². The van der Waals surface area contributed by atoms with Crippen molar-refractivity contribution in [2.75, 3.05) is 11.9 Å². The molecule has 0 amide bonds. The SMILES string of the molecule is C=C(Nc1nc(-c2ccc(O)cc2O)cs1)C1CCC(CO)CC1. The maximum atomic E-state index is 9.93. The zero-order valence-corrected chi connectivity index (χ0v) is 14.2. The van der Waals surface area contributed by atoms with E-state index < -0.39 is 0 Å². The van der Waals surface area contributed by atoms with Gasteiger partial charge >= 0.3 is 0 Å². The lowest BCUT2D eigenvalue weighted by molar-refractivity contribution is 0.175. The number of rotatable bonds is 5. The molecule has 0 saturated heterocycles. The molecule has 3 rings (SSSR count). The maximum absolute atomic E-state index is 9.93. The molecule has 1 aliphatic rings. The molecule has 1 fully saturated rings. The fraction of sp³-hybridized carbons (Fsp3) is 0.389. The molecule has 0 aliphatic heterocycles. The number of thiazole rings is 1. The van der Waals surface area contributed by atoms with Crippen molar-refractivity contribution < 1.29 is 15.3 Å². The van der Waals surface area contributed by atoms with Gasteiger partial charge in [-0.05, 0) is 49.7 Å². The molecule has 0 atom stereocenters. The van der Waals surface area contributed by atoms with Crippen LogP contribution in [0.5, 0.6) is 11.5 Å². The Balaban J connectivity index is 1.65. The number of aliphatic hydroxyl groups excluding tert-OH is 1. The highest BCUT2D eigenvalue weighted by Crippen LogP contribution is 2.36. The number of aromatic nitrogens is 1. The summed E-state index contributed by atoms with van der Waals surface area (Å²) in [4.78, 5) is 4.50. The first-order chi connectivity index (χ1) is 11.6. The van der Waals surface area contributed by atoms with Gasteiger partial charge in [0.2, 0.25) is 0 Å². The van der Waals surface area contributed by atoms with Gasteiger partial charge in [0.15, 0.2) is 5.13 Å². The molecule has 128 valence electrons. The minimum absolute atomic E-state index is 0.00741. The molecule has 1 heterocycles. The Morgan fingerprint density at radius 3 is 2.67 bits per heavy atom. The van der Waals surface area contributed by atoms with Crippen molar-refractivity contribution in [3.05, 3.63) is 35.9 Å². The number of aromatic hydroxyl groups is 2. The Morgan fingerprint density at radius 2 is 2.00 bits per heavy atom. The van der Waals surface area contributed by atoms with E-state index in [1.165, 1.54) is 23.5 Å². The second-order valence-corrected chi connectivity index (χ2v) is 7.15. The first-order valence-electron chi connectivity index (χ1n) is 8.11. The molecule has 1 aromatic carbocycles. The van der Waals surface area contributed by atoms with E-state index >= 15 is 0 Å². The first-order valence-corrected chi connectivity index (χ1v) is 8.99. The average Bonchev–Trinajstić information content (AvgIpc) is 3.03. The molecule has 1 saturated carbocycles. The molecular formula is C18H22N2O3S. The van der Waals surface area contributed by atoms with Crippen molar-refractivity contribution in [3.63, 3.8) is 0 Å². The number of allylic oxidation sites excluding steroid dienone is 1. The van der Waals surface area contributed by atoms with E-state index in [9.17, 15) is 15.3 Å². The average molecular weight is 346 g/mol. The summed E-state index contributed by atoms with van der Waals surface area (Å²) >= 11 is 1.46. The van der Waals surface area contributed by atoms with E-state index in [0.29, 0.717) is 23.1 Å². The number of anilines is 1. The van der Waals surface area contributed by atoms with Gasteiger partial charge in [-0.1, -0.05) is 6.58 Å². The molecule has 5 nitrogen and oxygen atoms in total. The van der Waals surface area contributed by atoms with E-state index in [2.05, 4.69) is 16.9 Å². The minimum atomic E-state index is 0.00741. The van der Waals surface area contributed by atoms with Crippen LogP contribution in [-0.4, -0.2) is 26.9 Å². The van der Waals surface area contributed by atoms with E-state index in [1.54, 1.807) is 6.07 Å². The third kappa shape index (κ3) is 3.71. The predicted molar refractivity (Wildman–Crippen MR) is 96.2 cm³/mol. The largest absolute Gasteiger partial charge is 0.508 e. The van der Waals surface area contributed by atoms with Gasteiger partial charge in [-0.3, -0.25) is 0 Å². The normalized spacial score (nSPS) is 20.7. The summed E-state index contributed by atoms with van der Waals surface area (Å²) in [5.41, 5.74) is 2.21. The van der Waals surface area contributed by atoms with Crippen LogP contribution in [-0.2, 0) is 0 Å². The molecule has 1 aliphatic carbocycles. The van der Waals surface area contributed by atoms with Crippen LogP contribution in [0.3, 0.4) is 0 Å². The van der Waals surface area contributed by atoms with Gasteiger partial charge < -0.3 is 20.6 Å². The van der Waals surface area contributed by atoms with Crippen LogP contribution >= 0.6 is 11.3 Å². The number of aliphatic hydroxyl groups is 1. The van der Waals surface area contributed by atoms with Gasteiger partial charge in [-0.15, -0.1) is 11.3 Å². The van der Waals surface area contributed by atoms with E-state index in [4.69, 9.17) is 0 Å². The van der Waals surface area contributed by atoms with Crippen molar-refractivity contribution in [3.8, 4) is 22.8 Å². The summed E-state index contributed by atoms with van der Waals surface area (Å²) in [6.07, 6.45) is 4.14. The summed E-state index contributed by atoms with van der Waals surface area (Å²) in [6, 6.07) is 4.48. The molecule has 24 heavy (non-hydrogen) atoms. The summed E-state index contributed by atoms with van der Waals surface area (Å²) in [7, 11) is 0. The number of nitrogens with one attached hydrogen (secondary N) is 1. The Labute approximate surface area is 145 Å². The third-order valence-corrected chi connectivity index (χ3v) is 5.38. The second kappa shape index (κ2) is 7.23. The first kappa shape index (κ1) is 16.8. The van der Waals surface area contributed by atoms with Gasteiger partial charge in [-0.25, -0.2) is 4.98 Å². The smallest absolute Gasteiger partial charge is 0.187 e. The van der Waals surface area contributed by atoms with E-state index in [1.807, 2.05) is 5.38 Å². The van der Waals surface area contributed by atoms with Gasteiger partial charge in [-0.2, -0.15) is 0 Å². The molecule has 4 N–H and O–H groups in total. The van der Waals surface area contributed by atoms with Crippen LogP contribution in [0.2, 0.25) is 0 Å². The van der Waals surface area contributed by atoms with E-state index in [0.717, 1.165) is 36.5 Å². The van der Waals surface area contributed by atoms with Gasteiger partial charge in [0.05, 0.1) is 5.69 Å². The number of benzene rings is 1. The summed E-state index contributed by atoms with van der Waals surface area (Å²) in [5.74, 6) is 0.866. The molecule has 0 unspecified atom stereocenters. The van der Waals surface area contributed by atoms with Crippen LogP contribution in [0.4, 0.5) is 5.13 Å². The van der Waals surface area contributed by atoms with Crippen molar-refractivity contribution in [1.29, 1.82) is 0 Å². The highest BCUT2D eigenvalue weighted by Gasteiger charge is 2.23. The van der Waals surface area contributed by atoms with Crippen molar-refractivity contribution in [2.45, 2.75) is 25.7 Å². The molecular weight excluding hydrogens is 324 g/mol. The quantitative estimate of drug-likeness (QED) is 0.659. The van der Waals surface area contributed by atoms with Crippen molar-refractivity contribution in [1.82, 2.24) is 4.98 Å². The molecule has 2 aromatic rings. The molecule has 6 heteroatoms. The van der Waals surface area contributed by atoms with Crippen LogP contribution in [0, 0.1) is 11.8 Å². The molecule has 0 radical (unpaired) electrons. The van der Waals surface area contributed by atoms with Crippen molar-refractivity contribution in [2.24, 2.45) is 11.8 Å². The highest BCUT2D eigenvalue weighted by molar-refractivity contribution is 7.14. The van der Waals surface area contributed by atoms with Crippen LogP contribution in [0.15, 0.2) is 35.9 Å². The Morgan fingerprint density at radius 1 is 1.25 bits per heavy atom. The highest BCUT2D eigenvalue weighted by atomic mass is 32.1. The van der Waals surface area contributed by atoms with Gasteiger partial charge in [0.1, 0.15) is 11.5 Å². The standard InChI is InChI=1S/C18H22N2O3S/c1-11(13-4-2-12(9-21)3-5-13)19-18-20-16(10-24-18)15-7-6-14(22)8-17(15)23/h6-8,10,12-13,21-23H,1-5,9H2,(H,19,20). The molecule has 0 bridgehead atoms. The minimum Gasteiger partial charge on any atom is -0.508 e. The van der Waals surface area contributed by atoms with Gasteiger partial charge in [0.25, 0.3) is 0 Å². The summed E-state index contributed by atoms with van der Waals surface area (Å²) < 4.78 is 0. The molecule has 1 aromatic heterocycles. The number of hydrogen-bond acceptors (Lipinski definition) is 6. The Kier molecular flexibility index (Phi) is 5.06. The van der Waals surface area contributed by atoms with Crippen LogP contribution in [0.25, 0.3) is 11.3 Å². The lowest BCUT2D eigenvalue weighted by Gasteiger charge is -2.28. The Hall–Kier alpha value is -2.05. The summed E-state index contributed by atoms with van der Waals surface area (Å²) in [6.45, 7) is 4.42. The fourth-order valence-electron chi connectivity index (χ4n) is 3.12. The zero-order chi connectivity index (χ0) is 17.1. The topological polar surface area (TPSA) is 85.6 Å². The number of hydrogen-bond donors (Lipinski definition) is 4. The predicted octanol–water partition coefficient (Wildman–Crippen LogP) is 3.95. The number of nitrogens with zero attached hydrogens (tertiary/aromatic N) is 1. The number of phenolic OH excluding ortho intramolecular Hbond substituents is 2. The Bertz CT molecular complexity index is 721. The van der Waals surface area contributed by atoms with Gasteiger partial charge in [0, 0.05) is 29.3 Å². The number of phenols is 2. The fourth-order valence-corrected chi connectivity index (χ4v) is 3.87. The zero-order valence-electron chi connectivity index (χ0n) is 13.4. The summed E-state index contributed by atoms with van der Waals surface area (Å²) in [5, 5.41) is 34.4. The lowest BCUT2D eigenvalue weighted by Crippen LogP contribution is -2.20. The monoisotopic (exact) mass is 346 g/mol. The molecule has 0 spiro atoms.